The minimum Gasteiger partial charge on any atom is -0.383 e. The second-order valence-electron chi connectivity index (χ2n) is 3.78. The number of nitrogens with zero attached hydrogens (tertiary/aromatic N) is 2. The molecule has 0 N–H and O–H groups in total. The topological polar surface area (TPSA) is 44.1 Å². The van der Waals surface area contributed by atoms with Gasteiger partial charge in [0.1, 0.15) is 0 Å². The van der Waals surface area contributed by atoms with Crippen molar-refractivity contribution >= 4 is 11.6 Å². The summed E-state index contributed by atoms with van der Waals surface area (Å²) >= 11 is 5.83. The molecule has 0 spiro atoms. The highest BCUT2D eigenvalue weighted by Gasteiger charge is 2.03. The molecule has 1 aromatic heterocycles. The zero-order chi connectivity index (χ0) is 13.0. The number of benzene rings is 1. The van der Waals surface area contributed by atoms with E-state index in [4.69, 9.17) is 16.3 Å². The van der Waals surface area contributed by atoms with Gasteiger partial charge in [-0.3, -0.25) is 4.79 Å². The first-order chi connectivity index (χ1) is 8.70. The summed E-state index contributed by atoms with van der Waals surface area (Å²) in [6.07, 6.45) is 0. The Morgan fingerprint density at radius 3 is 2.61 bits per heavy atom. The number of methoxy groups -OCH3 is 1. The van der Waals surface area contributed by atoms with E-state index in [9.17, 15) is 4.79 Å². The Morgan fingerprint density at radius 2 is 1.94 bits per heavy atom. The molecule has 0 unspecified atom stereocenters. The van der Waals surface area contributed by atoms with Crippen LogP contribution in [-0.4, -0.2) is 23.5 Å². The lowest BCUT2D eigenvalue weighted by Crippen LogP contribution is -2.24. The van der Waals surface area contributed by atoms with E-state index in [1.807, 2.05) is 12.1 Å². The summed E-state index contributed by atoms with van der Waals surface area (Å²) in [5.74, 6) is 0. The highest BCUT2D eigenvalue weighted by molar-refractivity contribution is 6.30. The van der Waals surface area contributed by atoms with E-state index in [-0.39, 0.29) is 5.56 Å². The Bertz CT molecular complexity index is 578. The number of rotatable bonds is 4. The third-order valence-electron chi connectivity index (χ3n) is 2.51. The van der Waals surface area contributed by atoms with Crippen molar-refractivity contribution in [3.63, 3.8) is 0 Å². The first-order valence-corrected chi connectivity index (χ1v) is 5.91. The average Bonchev–Trinajstić information content (AvgIpc) is 2.39. The molecule has 0 radical (unpaired) electrons. The van der Waals surface area contributed by atoms with Crippen molar-refractivity contribution in [3.05, 3.63) is 51.8 Å². The molecule has 0 bridgehead atoms. The number of aromatic nitrogens is 2. The Labute approximate surface area is 110 Å². The molecule has 4 nitrogen and oxygen atoms in total. The summed E-state index contributed by atoms with van der Waals surface area (Å²) in [6.45, 7) is 0.897. The van der Waals surface area contributed by atoms with E-state index in [1.165, 1.54) is 10.7 Å². The van der Waals surface area contributed by atoms with E-state index < -0.39 is 0 Å². The maximum Gasteiger partial charge on any atom is 0.266 e. The van der Waals surface area contributed by atoms with Crippen LogP contribution in [0.5, 0.6) is 0 Å². The summed E-state index contributed by atoms with van der Waals surface area (Å²) < 4.78 is 6.34. The van der Waals surface area contributed by atoms with Crippen LogP contribution in [-0.2, 0) is 11.3 Å². The van der Waals surface area contributed by atoms with Crippen molar-refractivity contribution in [2.75, 3.05) is 13.7 Å². The van der Waals surface area contributed by atoms with Crippen LogP contribution in [0.15, 0.2) is 41.2 Å². The molecule has 94 valence electrons. The molecule has 1 heterocycles. The van der Waals surface area contributed by atoms with Gasteiger partial charge in [0.2, 0.25) is 0 Å². The SMILES string of the molecule is COCCn1nc(-c2ccc(Cl)cc2)ccc1=O. The Hall–Kier alpha value is -1.65. The molecule has 0 atom stereocenters. The van der Waals surface area contributed by atoms with E-state index in [2.05, 4.69) is 5.10 Å². The Kier molecular flexibility index (Phi) is 4.12. The molecule has 0 aliphatic heterocycles. The zero-order valence-corrected chi connectivity index (χ0v) is 10.7. The highest BCUT2D eigenvalue weighted by atomic mass is 35.5. The van der Waals surface area contributed by atoms with Gasteiger partial charge in [0, 0.05) is 23.8 Å². The van der Waals surface area contributed by atoms with Crippen LogP contribution >= 0.6 is 11.6 Å². The third-order valence-corrected chi connectivity index (χ3v) is 2.77. The van der Waals surface area contributed by atoms with Crippen LogP contribution in [0.2, 0.25) is 5.02 Å². The molecule has 0 aliphatic carbocycles. The van der Waals surface area contributed by atoms with Crippen molar-refractivity contribution in [2.24, 2.45) is 0 Å². The first kappa shape index (κ1) is 12.8. The molecule has 1 aromatic carbocycles. The van der Waals surface area contributed by atoms with Gasteiger partial charge in [0.25, 0.3) is 5.56 Å². The fraction of sp³-hybridized carbons (Fsp3) is 0.231. The van der Waals surface area contributed by atoms with Crippen LogP contribution < -0.4 is 5.56 Å². The fourth-order valence-corrected chi connectivity index (χ4v) is 1.69. The largest absolute Gasteiger partial charge is 0.383 e. The molecule has 0 amide bonds. The van der Waals surface area contributed by atoms with Crippen molar-refractivity contribution in [1.29, 1.82) is 0 Å². The standard InChI is InChI=1S/C13H13ClN2O2/c1-18-9-8-16-13(17)7-6-12(15-16)10-2-4-11(14)5-3-10/h2-7H,8-9H2,1H3. The zero-order valence-electron chi connectivity index (χ0n) is 9.97. The van der Waals surface area contributed by atoms with Crippen LogP contribution in [0.1, 0.15) is 0 Å². The van der Waals surface area contributed by atoms with Gasteiger partial charge in [-0.05, 0) is 18.2 Å². The number of hydrogen-bond acceptors (Lipinski definition) is 3. The molecule has 0 saturated carbocycles. The minimum atomic E-state index is -0.134. The third kappa shape index (κ3) is 2.97. The molecular formula is C13H13ClN2O2. The first-order valence-electron chi connectivity index (χ1n) is 5.54. The smallest absolute Gasteiger partial charge is 0.266 e. The quantitative estimate of drug-likeness (QED) is 0.850. The molecule has 5 heteroatoms. The average molecular weight is 265 g/mol. The lowest BCUT2D eigenvalue weighted by Gasteiger charge is -2.06. The van der Waals surface area contributed by atoms with Gasteiger partial charge in [-0.1, -0.05) is 23.7 Å². The van der Waals surface area contributed by atoms with Crippen LogP contribution in [0.3, 0.4) is 0 Å². The van der Waals surface area contributed by atoms with Crippen LogP contribution in [0, 0.1) is 0 Å². The van der Waals surface area contributed by atoms with Gasteiger partial charge in [-0.15, -0.1) is 0 Å². The predicted octanol–water partition coefficient (Wildman–Crippen LogP) is 2.21. The van der Waals surface area contributed by atoms with E-state index >= 15 is 0 Å². The minimum absolute atomic E-state index is 0.134. The molecule has 0 saturated heterocycles. The van der Waals surface area contributed by atoms with Gasteiger partial charge in [0.15, 0.2) is 0 Å². The van der Waals surface area contributed by atoms with Crippen molar-refractivity contribution in [3.8, 4) is 11.3 Å². The maximum absolute atomic E-state index is 11.6. The number of halogens is 1. The molecule has 0 aliphatic rings. The lowest BCUT2D eigenvalue weighted by molar-refractivity contribution is 0.182. The van der Waals surface area contributed by atoms with E-state index in [1.54, 1.807) is 25.3 Å². The van der Waals surface area contributed by atoms with Gasteiger partial charge < -0.3 is 4.74 Å². The normalized spacial score (nSPS) is 10.6. The Morgan fingerprint density at radius 1 is 1.22 bits per heavy atom. The van der Waals surface area contributed by atoms with Crippen molar-refractivity contribution < 1.29 is 4.74 Å². The second kappa shape index (κ2) is 5.80. The second-order valence-corrected chi connectivity index (χ2v) is 4.22. The van der Waals surface area contributed by atoms with Gasteiger partial charge in [-0.2, -0.15) is 5.10 Å². The summed E-state index contributed by atoms with van der Waals surface area (Å²) in [6, 6.07) is 10.5. The monoisotopic (exact) mass is 264 g/mol. The Balaban J connectivity index is 2.34. The molecule has 2 rings (SSSR count). The fourth-order valence-electron chi connectivity index (χ4n) is 1.56. The van der Waals surface area contributed by atoms with E-state index in [0.717, 1.165) is 11.3 Å². The molecule has 2 aromatic rings. The van der Waals surface area contributed by atoms with Crippen molar-refractivity contribution in [2.45, 2.75) is 6.54 Å². The van der Waals surface area contributed by atoms with Gasteiger partial charge in [-0.25, -0.2) is 4.68 Å². The van der Waals surface area contributed by atoms with Crippen molar-refractivity contribution in [1.82, 2.24) is 9.78 Å². The highest BCUT2D eigenvalue weighted by Crippen LogP contribution is 2.18. The van der Waals surface area contributed by atoms with E-state index in [0.29, 0.717) is 18.2 Å². The summed E-state index contributed by atoms with van der Waals surface area (Å²) in [7, 11) is 1.59. The summed E-state index contributed by atoms with van der Waals surface area (Å²) in [5, 5.41) is 4.96. The lowest BCUT2D eigenvalue weighted by atomic mass is 10.1. The van der Waals surface area contributed by atoms with Gasteiger partial charge in [0.05, 0.1) is 18.8 Å². The molecule has 18 heavy (non-hydrogen) atoms. The van der Waals surface area contributed by atoms with Crippen LogP contribution in [0.25, 0.3) is 11.3 Å². The summed E-state index contributed by atoms with van der Waals surface area (Å²) in [4.78, 5) is 11.6. The van der Waals surface area contributed by atoms with Crippen LogP contribution in [0.4, 0.5) is 0 Å². The maximum atomic E-state index is 11.6. The summed E-state index contributed by atoms with van der Waals surface area (Å²) in [5.41, 5.74) is 1.53. The predicted molar refractivity (Wildman–Crippen MR) is 70.8 cm³/mol. The molecule has 0 fully saturated rings. The molecular weight excluding hydrogens is 252 g/mol. The number of hydrogen-bond donors (Lipinski definition) is 0. The number of ether oxygens (including phenoxy) is 1. The van der Waals surface area contributed by atoms with Gasteiger partial charge >= 0.3 is 0 Å².